The van der Waals surface area contributed by atoms with Gasteiger partial charge in [-0.15, -0.1) is 0 Å². The van der Waals surface area contributed by atoms with Crippen LogP contribution in [0.3, 0.4) is 0 Å². The van der Waals surface area contributed by atoms with Crippen LogP contribution in [0.5, 0.6) is 0 Å². The van der Waals surface area contributed by atoms with Crippen molar-refractivity contribution in [3.05, 3.63) is 65.4 Å². The lowest BCUT2D eigenvalue weighted by Gasteiger charge is -2.29. The van der Waals surface area contributed by atoms with Gasteiger partial charge in [0.2, 0.25) is 0 Å². The molecule has 0 atom stereocenters. The Bertz CT molecular complexity index is 941. The van der Waals surface area contributed by atoms with Crippen molar-refractivity contribution < 1.29 is 13.9 Å². The minimum Gasteiger partial charge on any atom is -0.458 e. The Morgan fingerprint density at radius 2 is 1.48 bits per heavy atom. The van der Waals surface area contributed by atoms with Gasteiger partial charge >= 0.3 is 0 Å². The van der Waals surface area contributed by atoms with E-state index in [9.17, 15) is 0 Å². The number of morpholine rings is 2. The van der Waals surface area contributed by atoms with Crippen molar-refractivity contribution >= 4 is 16.7 Å². The summed E-state index contributed by atoms with van der Waals surface area (Å²) in [6.45, 7) is 7.96. The molecular formula is C24H28N2O3. The summed E-state index contributed by atoms with van der Waals surface area (Å²) in [6.07, 6.45) is 0.807. The predicted molar refractivity (Wildman–Crippen MR) is 115 cm³/mol. The smallest absolute Gasteiger partial charge is 0.136 e. The fourth-order valence-corrected chi connectivity index (χ4v) is 4.33. The van der Waals surface area contributed by atoms with E-state index in [1.165, 1.54) is 22.2 Å². The third-order valence-corrected chi connectivity index (χ3v) is 5.84. The summed E-state index contributed by atoms with van der Waals surface area (Å²) >= 11 is 0. The van der Waals surface area contributed by atoms with Crippen LogP contribution in [-0.2, 0) is 22.4 Å². The molecule has 0 bridgehead atoms. The summed E-state index contributed by atoms with van der Waals surface area (Å²) in [6, 6.07) is 17.2. The van der Waals surface area contributed by atoms with Gasteiger partial charge in [-0.25, -0.2) is 0 Å². The third kappa shape index (κ3) is 4.17. The number of hydrogen-bond donors (Lipinski definition) is 0. The van der Waals surface area contributed by atoms with Gasteiger partial charge in [0.1, 0.15) is 11.3 Å². The lowest BCUT2D eigenvalue weighted by atomic mass is 10.1. The topological polar surface area (TPSA) is 38.1 Å². The molecule has 2 saturated heterocycles. The molecule has 0 amide bonds. The lowest BCUT2D eigenvalue weighted by Crippen LogP contribution is -2.36. The van der Waals surface area contributed by atoms with Crippen molar-refractivity contribution in [2.45, 2.75) is 13.0 Å². The second-order valence-corrected chi connectivity index (χ2v) is 7.85. The average Bonchev–Trinajstić information content (AvgIpc) is 3.13. The third-order valence-electron chi connectivity index (χ3n) is 5.84. The average molecular weight is 392 g/mol. The molecule has 29 heavy (non-hydrogen) atoms. The van der Waals surface area contributed by atoms with Crippen LogP contribution in [-0.4, -0.2) is 57.5 Å². The van der Waals surface area contributed by atoms with Crippen molar-refractivity contribution in [3.63, 3.8) is 0 Å². The molecule has 3 aromatic rings. The van der Waals surface area contributed by atoms with Gasteiger partial charge in [0.05, 0.1) is 32.1 Å². The normalized spacial score (nSPS) is 18.4. The number of furan rings is 1. The quantitative estimate of drug-likeness (QED) is 0.662. The minimum absolute atomic E-state index is 0.769. The second-order valence-electron chi connectivity index (χ2n) is 7.85. The second kappa shape index (κ2) is 8.57. The fraction of sp³-hybridized carbons (Fsp3) is 0.417. The lowest BCUT2D eigenvalue weighted by molar-refractivity contribution is 0.0342. The van der Waals surface area contributed by atoms with Gasteiger partial charge in [0, 0.05) is 44.5 Å². The van der Waals surface area contributed by atoms with E-state index in [1.54, 1.807) is 0 Å². The summed E-state index contributed by atoms with van der Waals surface area (Å²) < 4.78 is 17.5. The van der Waals surface area contributed by atoms with Gasteiger partial charge in [-0.2, -0.15) is 0 Å². The van der Waals surface area contributed by atoms with Crippen molar-refractivity contribution in [2.24, 2.45) is 0 Å². The molecule has 5 nitrogen and oxygen atoms in total. The zero-order valence-electron chi connectivity index (χ0n) is 16.8. The molecule has 0 unspecified atom stereocenters. The molecule has 3 heterocycles. The number of rotatable bonds is 5. The molecule has 2 aromatic carbocycles. The highest BCUT2D eigenvalue weighted by Gasteiger charge is 2.23. The number of hydrogen-bond acceptors (Lipinski definition) is 5. The summed E-state index contributed by atoms with van der Waals surface area (Å²) in [5.74, 6) is 1.05. The summed E-state index contributed by atoms with van der Waals surface area (Å²) in [4.78, 5) is 4.90. The molecule has 0 saturated carbocycles. The molecule has 0 radical (unpaired) electrons. The molecule has 2 aliphatic rings. The van der Waals surface area contributed by atoms with Crippen LogP contribution >= 0.6 is 0 Å². The maximum absolute atomic E-state index is 6.39. The summed E-state index contributed by atoms with van der Waals surface area (Å²) in [5.41, 5.74) is 4.83. The van der Waals surface area contributed by atoms with Gasteiger partial charge in [0.15, 0.2) is 0 Å². The SMILES string of the molecule is c1ccc(Cc2oc3ccc(CN4CCOCC4)cc3c2N2CCOCC2)cc1. The van der Waals surface area contributed by atoms with E-state index in [-0.39, 0.29) is 0 Å². The van der Waals surface area contributed by atoms with Crippen LogP contribution in [0.25, 0.3) is 11.0 Å². The molecule has 0 spiro atoms. The van der Waals surface area contributed by atoms with E-state index in [1.807, 2.05) is 0 Å². The van der Waals surface area contributed by atoms with Crippen molar-refractivity contribution in [1.82, 2.24) is 4.90 Å². The number of benzene rings is 2. The molecule has 1 aromatic heterocycles. The van der Waals surface area contributed by atoms with Crippen molar-refractivity contribution in [2.75, 3.05) is 57.5 Å². The first kappa shape index (κ1) is 18.7. The van der Waals surface area contributed by atoms with E-state index in [2.05, 4.69) is 58.3 Å². The van der Waals surface area contributed by atoms with Crippen LogP contribution in [0.4, 0.5) is 5.69 Å². The van der Waals surface area contributed by atoms with E-state index < -0.39 is 0 Å². The molecule has 0 aliphatic carbocycles. The Kier molecular flexibility index (Phi) is 5.52. The largest absolute Gasteiger partial charge is 0.458 e. The predicted octanol–water partition coefficient (Wildman–Crippen LogP) is 3.69. The van der Waals surface area contributed by atoms with Gasteiger partial charge in [0.25, 0.3) is 0 Å². The molecule has 0 N–H and O–H groups in total. The highest BCUT2D eigenvalue weighted by atomic mass is 16.5. The first-order valence-electron chi connectivity index (χ1n) is 10.6. The summed E-state index contributed by atoms with van der Waals surface area (Å²) in [5, 5.41) is 1.23. The van der Waals surface area contributed by atoms with E-state index in [0.717, 1.165) is 76.9 Å². The molecule has 5 heteroatoms. The van der Waals surface area contributed by atoms with Crippen LogP contribution in [0, 0.1) is 0 Å². The van der Waals surface area contributed by atoms with Gasteiger partial charge < -0.3 is 18.8 Å². The molecule has 2 aliphatic heterocycles. The first-order chi connectivity index (χ1) is 14.4. The van der Waals surface area contributed by atoms with E-state index >= 15 is 0 Å². The Morgan fingerprint density at radius 3 is 2.24 bits per heavy atom. The Hall–Kier alpha value is -2.34. The Morgan fingerprint density at radius 1 is 0.759 bits per heavy atom. The Balaban J connectivity index is 1.50. The van der Waals surface area contributed by atoms with Crippen LogP contribution < -0.4 is 4.90 Å². The van der Waals surface area contributed by atoms with Crippen LogP contribution in [0.15, 0.2) is 52.9 Å². The molecule has 152 valence electrons. The van der Waals surface area contributed by atoms with Crippen molar-refractivity contribution in [3.8, 4) is 0 Å². The zero-order chi connectivity index (χ0) is 19.5. The molecule has 2 fully saturated rings. The zero-order valence-corrected chi connectivity index (χ0v) is 16.8. The van der Waals surface area contributed by atoms with Crippen LogP contribution in [0.2, 0.25) is 0 Å². The van der Waals surface area contributed by atoms with Crippen LogP contribution in [0.1, 0.15) is 16.9 Å². The van der Waals surface area contributed by atoms with Gasteiger partial charge in [-0.05, 0) is 23.3 Å². The van der Waals surface area contributed by atoms with E-state index in [0.29, 0.717) is 0 Å². The fourth-order valence-electron chi connectivity index (χ4n) is 4.33. The number of fused-ring (bicyclic) bond motifs is 1. The number of ether oxygens (including phenoxy) is 2. The maximum Gasteiger partial charge on any atom is 0.136 e. The number of nitrogens with zero attached hydrogens (tertiary/aromatic N) is 2. The minimum atomic E-state index is 0.769. The first-order valence-corrected chi connectivity index (χ1v) is 10.6. The van der Waals surface area contributed by atoms with Gasteiger partial charge in [-0.3, -0.25) is 4.90 Å². The summed E-state index contributed by atoms with van der Waals surface area (Å²) in [7, 11) is 0. The monoisotopic (exact) mass is 392 g/mol. The number of anilines is 1. The van der Waals surface area contributed by atoms with E-state index in [4.69, 9.17) is 13.9 Å². The standard InChI is InChI=1S/C24H28N2O3/c1-2-4-19(5-3-1)17-23-24(26-10-14-28-15-11-26)21-16-20(6-7-22(21)29-23)18-25-8-12-27-13-9-25/h1-7,16H,8-15,17-18H2. The maximum atomic E-state index is 6.39. The Labute approximate surface area is 171 Å². The highest BCUT2D eigenvalue weighted by molar-refractivity contribution is 5.93. The van der Waals surface area contributed by atoms with Crippen molar-refractivity contribution in [1.29, 1.82) is 0 Å². The highest BCUT2D eigenvalue weighted by Crippen LogP contribution is 2.36. The molecular weight excluding hydrogens is 364 g/mol. The molecule has 5 rings (SSSR count). The van der Waals surface area contributed by atoms with Gasteiger partial charge in [-0.1, -0.05) is 36.4 Å².